The molecule has 0 heterocycles. The Bertz CT molecular complexity index is 680. The van der Waals surface area contributed by atoms with E-state index in [2.05, 4.69) is 9.37 Å². The zero-order chi connectivity index (χ0) is 16.5. The standard InChI is InChI=1S/C10H12O9S3/c11-18-19-20-7-1-2-9-6(3-7)4-8(21(12,13)14)5-10(9)22(15,16)17/h1-5,11-17H. The van der Waals surface area contributed by atoms with Crippen molar-refractivity contribution in [2.24, 2.45) is 0 Å². The topological polar surface area (TPSA) is 160 Å². The molecule has 0 spiro atoms. The molecule has 0 amide bonds. The number of benzene rings is 2. The van der Waals surface area contributed by atoms with Gasteiger partial charge in [0.05, 0.1) is 21.8 Å². The summed E-state index contributed by atoms with van der Waals surface area (Å²) in [5.74, 6) is 0. The molecular formula is C10H12O9S3. The third-order valence-corrected chi connectivity index (χ3v) is 5.00. The van der Waals surface area contributed by atoms with Crippen molar-refractivity contribution in [2.45, 2.75) is 14.7 Å². The summed E-state index contributed by atoms with van der Waals surface area (Å²) in [6.07, 6.45) is 0. The average molecular weight is 372 g/mol. The molecule has 2 aromatic carbocycles. The van der Waals surface area contributed by atoms with E-state index in [0.29, 0.717) is 16.9 Å². The van der Waals surface area contributed by atoms with E-state index >= 15 is 0 Å². The third-order valence-electron chi connectivity index (χ3n) is 2.63. The molecule has 2 aromatic rings. The predicted octanol–water partition coefficient (Wildman–Crippen LogP) is 4.43. The molecule has 2 rings (SSSR count). The Labute approximate surface area is 131 Å². The Balaban J connectivity index is 2.66. The van der Waals surface area contributed by atoms with Crippen LogP contribution in [0.1, 0.15) is 0 Å². The predicted molar refractivity (Wildman–Crippen MR) is 82.1 cm³/mol. The molecular weight excluding hydrogens is 360 g/mol. The molecule has 12 heteroatoms. The van der Waals surface area contributed by atoms with E-state index in [9.17, 15) is 27.3 Å². The smallest absolute Gasteiger partial charge is 0.113 e. The minimum Gasteiger partial charge on any atom is -0.304 e. The summed E-state index contributed by atoms with van der Waals surface area (Å²) >= 11 is 0.628. The lowest BCUT2D eigenvalue weighted by Gasteiger charge is -2.25. The minimum atomic E-state index is -4.16. The monoisotopic (exact) mass is 372 g/mol. The molecule has 0 saturated heterocycles. The second-order valence-corrected chi connectivity index (χ2v) is 7.83. The van der Waals surface area contributed by atoms with E-state index in [-0.39, 0.29) is 15.7 Å². The minimum absolute atomic E-state index is 0.212. The lowest BCUT2D eigenvalue weighted by Crippen LogP contribution is -2.01. The molecule has 0 aromatic heterocycles. The van der Waals surface area contributed by atoms with Crippen LogP contribution in [0.2, 0.25) is 0 Å². The molecule has 0 aliphatic rings. The van der Waals surface area contributed by atoms with E-state index in [1.807, 2.05) is 0 Å². The van der Waals surface area contributed by atoms with E-state index < -0.39 is 26.6 Å². The van der Waals surface area contributed by atoms with Crippen LogP contribution in [0.4, 0.5) is 0 Å². The van der Waals surface area contributed by atoms with E-state index in [1.54, 1.807) is 0 Å². The highest BCUT2D eigenvalue weighted by atomic mass is 32.3. The second-order valence-electron chi connectivity index (χ2n) is 4.07. The summed E-state index contributed by atoms with van der Waals surface area (Å²) in [6.45, 7) is 0. The van der Waals surface area contributed by atoms with Gasteiger partial charge in [-0.15, -0.1) is 4.33 Å². The van der Waals surface area contributed by atoms with Crippen molar-refractivity contribution >= 4 is 44.6 Å². The number of hydrogen-bond acceptors (Lipinski definition) is 10. The van der Waals surface area contributed by atoms with Crippen molar-refractivity contribution < 1.29 is 41.9 Å². The molecule has 22 heavy (non-hydrogen) atoms. The fraction of sp³-hybridized carbons (Fsp3) is 0. The van der Waals surface area contributed by atoms with Gasteiger partial charge in [0.1, 0.15) is 21.7 Å². The number of rotatable bonds is 5. The van der Waals surface area contributed by atoms with E-state index in [1.165, 1.54) is 24.3 Å². The Hall–Kier alpha value is -0.610. The summed E-state index contributed by atoms with van der Waals surface area (Å²) in [5, 5.41) is 12.0. The van der Waals surface area contributed by atoms with Crippen molar-refractivity contribution in [1.82, 2.24) is 0 Å². The van der Waals surface area contributed by atoms with Gasteiger partial charge in [-0.3, -0.25) is 0 Å². The maximum absolute atomic E-state index is 9.46. The van der Waals surface area contributed by atoms with Crippen LogP contribution < -0.4 is 0 Å². The molecule has 0 aliphatic heterocycles. The van der Waals surface area contributed by atoms with Crippen LogP contribution in [0.3, 0.4) is 0 Å². The molecule has 0 saturated carbocycles. The summed E-state index contributed by atoms with van der Waals surface area (Å²) < 4.78 is 60.6. The molecule has 0 unspecified atom stereocenters. The van der Waals surface area contributed by atoms with Gasteiger partial charge < -0.3 is 27.3 Å². The van der Waals surface area contributed by atoms with Gasteiger partial charge in [-0.2, -0.15) is 0 Å². The zero-order valence-corrected chi connectivity index (χ0v) is 13.0. The first kappa shape index (κ1) is 17.7. The van der Waals surface area contributed by atoms with Crippen LogP contribution in [0.25, 0.3) is 10.8 Å². The summed E-state index contributed by atoms with van der Waals surface area (Å²) in [7, 11) is -8.29. The fourth-order valence-electron chi connectivity index (χ4n) is 1.78. The lowest BCUT2D eigenvalue weighted by atomic mass is 10.1. The molecule has 0 fully saturated rings. The van der Waals surface area contributed by atoms with Gasteiger partial charge in [0.2, 0.25) is 0 Å². The Kier molecular flexibility index (Phi) is 5.23. The summed E-state index contributed by atoms with van der Waals surface area (Å²) in [6, 6.07) is 6.39. The van der Waals surface area contributed by atoms with Crippen molar-refractivity contribution in [1.29, 1.82) is 0 Å². The van der Waals surface area contributed by atoms with E-state index in [4.69, 9.17) is 5.26 Å². The molecule has 9 nitrogen and oxygen atoms in total. The molecule has 0 bridgehead atoms. The first-order chi connectivity index (χ1) is 10.1. The van der Waals surface area contributed by atoms with Gasteiger partial charge >= 0.3 is 0 Å². The first-order valence-electron chi connectivity index (χ1n) is 5.37. The molecule has 124 valence electrons. The normalized spacial score (nSPS) is 14.3. The van der Waals surface area contributed by atoms with Gasteiger partial charge in [0.15, 0.2) is 0 Å². The van der Waals surface area contributed by atoms with E-state index in [0.717, 1.165) is 6.07 Å². The molecule has 7 N–H and O–H groups in total. The number of hydrogen-bond donors (Lipinski definition) is 7. The van der Waals surface area contributed by atoms with Gasteiger partial charge in [0.25, 0.3) is 0 Å². The molecule has 0 radical (unpaired) electrons. The van der Waals surface area contributed by atoms with Crippen molar-refractivity contribution in [3.05, 3.63) is 30.3 Å². The highest BCUT2D eigenvalue weighted by Gasteiger charge is 2.25. The maximum atomic E-state index is 9.46. The van der Waals surface area contributed by atoms with Gasteiger partial charge in [-0.25, -0.2) is 5.26 Å². The van der Waals surface area contributed by atoms with Gasteiger partial charge in [0, 0.05) is 10.3 Å². The Morgan fingerprint density at radius 3 is 2.09 bits per heavy atom. The summed E-state index contributed by atoms with van der Waals surface area (Å²) in [4.78, 5) is -0.358. The lowest BCUT2D eigenvalue weighted by molar-refractivity contribution is -0.432. The third kappa shape index (κ3) is 4.02. The van der Waals surface area contributed by atoms with Crippen LogP contribution in [0, 0.1) is 0 Å². The van der Waals surface area contributed by atoms with Crippen LogP contribution in [0.15, 0.2) is 45.0 Å². The van der Waals surface area contributed by atoms with Gasteiger partial charge in [-0.1, -0.05) is 11.1 Å². The van der Waals surface area contributed by atoms with Crippen LogP contribution in [0.5, 0.6) is 0 Å². The van der Waals surface area contributed by atoms with Crippen molar-refractivity contribution in [3.8, 4) is 0 Å². The fourth-order valence-corrected chi connectivity index (χ4v) is 3.59. The highest BCUT2D eigenvalue weighted by molar-refractivity contribution is 8.20. The highest BCUT2D eigenvalue weighted by Crippen LogP contribution is 2.53. The van der Waals surface area contributed by atoms with Crippen LogP contribution in [-0.2, 0) is 9.37 Å². The average Bonchev–Trinajstić information content (AvgIpc) is 2.41. The second kappa shape index (κ2) is 6.48. The molecule has 0 aliphatic carbocycles. The van der Waals surface area contributed by atoms with Crippen molar-refractivity contribution in [2.75, 3.05) is 0 Å². The summed E-state index contributed by atoms with van der Waals surface area (Å²) in [5.41, 5.74) is 0. The van der Waals surface area contributed by atoms with Crippen LogP contribution in [-0.4, -0.2) is 32.6 Å². The maximum Gasteiger partial charge on any atom is 0.113 e. The zero-order valence-electron chi connectivity index (χ0n) is 10.6. The number of fused-ring (bicyclic) bond motifs is 1. The quantitative estimate of drug-likeness (QED) is 0.227. The Morgan fingerprint density at radius 1 is 0.864 bits per heavy atom. The molecule has 0 atom stereocenters. The first-order valence-corrected chi connectivity index (χ1v) is 9.12. The van der Waals surface area contributed by atoms with Gasteiger partial charge in [-0.05, 0) is 29.7 Å². The SMILES string of the molecule is OOOSc1ccc2c(S(O)(O)O)cc(S(O)(O)O)cc2c1. The van der Waals surface area contributed by atoms with Crippen molar-refractivity contribution in [3.63, 3.8) is 0 Å². The largest absolute Gasteiger partial charge is 0.304 e. The Morgan fingerprint density at radius 2 is 1.55 bits per heavy atom. The van der Waals surface area contributed by atoms with Crippen LogP contribution >= 0.6 is 33.8 Å².